The highest BCUT2D eigenvalue weighted by atomic mass is 35.5. The maximum atomic E-state index is 12.4. The van der Waals surface area contributed by atoms with Gasteiger partial charge in [0.15, 0.2) is 0 Å². The normalized spacial score (nSPS) is 20.9. The number of hydrogen-bond acceptors (Lipinski definition) is 7. The van der Waals surface area contributed by atoms with Crippen molar-refractivity contribution in [3.63, 3.8) is 0 Å². The summed E-state index contributed by atoms with van der Waals surface area (Å²) in [7, 11) is 0. The molecule has 0 radical (unpaired) electrons. The van der Waals surface area contributed by atoms with Crippen molar-refractivity contribution in [3.8, 4) is 11.1 Å². The molecule has 1 saturated carbocycles. The molecule has 9 nitrogen and oxygen atoms in total. The van der Waals surface area contributed by atoms with E-state index >= 15 is 0 Å². The topological polar surface area (TPSA) is 107 Å². The molecular formula is C26H34ClN7O2. The number of amides is 1. The van der Waals surface area contributed by atoms with E-state index in [1.54, 1.807) is 6.20 Å². The first-order valence-corrected chi connectivity index (χ1v) is 13.2. The number of anilines is 1. The van der Waals surface area contributed by atoms with E-state index in [-0.39, 0.29) is 11.9 Å². The van der Waals surface area contributed by atoms with Gasteiger partial charge in [0.05, 0.1) is 19.8 Å². The average molecular weight is 512 g/mol. The van der Waals surface area contributed by atoms with E-state index in [9.17, 15) is 4.79 Å². The van der Waals surface area contributed by atoms with E-state index < -0.39 is 0 Å². The van der Waals surface area contributed by atoms with E-state index in [1.807, 2.05) is 30.5 Å². The first-order valence-electron chi connectivity index (χ1n) is 12.8. The zero-order valence-electron chi connectivity index (χ0n) is 20.4. The zero-order valence-corrected chi connectivity index (χ0v) is 21.2. The summed E-state index contributed by atoms with van der Waals surface area (Å²) in [6.45, 7) is 5.66. The Balaban J connectivity index is 1.07. The Bertz CT molecular complexity index is 1160. The lowest BCUT2D eigenvalue weighted by Crippen LogP contribution is -2.45. The molecule has 1 amide bonds. The van der Waals surface area contributed by atoms with Gasteiger partial charge in [-0.15, -0.1) is 0 Å². The molecule has 0 bridgehead atoms. The van der Waals surface area contributed by atoms with Crippen molar-refractivity contribution in [2.75, 3.05) is 51.3 Å². The fourth-order valence-electron chi connectivity index (χ4n) is 5.05. The molecule has 36 heavy (non-hydrogen) atoms. The van der Waals surface area contributed by atoms with Crippen molar-refractivity contribution < 1.29 is 9.53 Å². The van der Waals surface area contributed by atoms with Crippen LogP contribution >= 0.6 is 11.6 Å². The standard InChI is InChI=1S/C26H34ClN7O2/c27-23-14-18(22-16-30-26-21(22)2-1-7-29-26)15-24(33-23)31-19-3-5-20(6-4-19)32-25(35)17-28-8-9-34-10-12-36-13-11-34/h1-2,7,14-16,19-20,28H,3-6,8-13,17H2,(H,29,30)(H,31,33)(H,32,35)/t19-,20-. The van der Waals surface area contributed by atoms with Gasteiger partial charge in [-0.3, -0.25) is 9.69 Å². The first-order chi connectivity index (χ1) is 17.6. The average Bonchev–Trinajstić information content (AvgIpc) is 3.32. The van der Waals surface area contributed by atoms with E-state index in [2.05, 4.69) is 35.8 Å². The van der Waals surface area contributed by atoms with Crippen molar-refractivity contribution in [2.24, 2.45) is 0 Å². The van der Waals surface area contributed by atoms with Crippen LogP contribution in [-0.4, -0.2) is 83.8 Å². The van der Waals surface area contributed by atoms with Crippen LogP contribution in [0.25, 0.3) is 22.2 Å². The van der Waals surface area contributed by atoms with Crippen molar-refractivity contribution in [3.05, 3.63) is 41.8 Å². The molecule has 2 fully saturated rings. The summed E-state index contributed by atoms with van der Waals surface area (Å²) in [6.07, 6.45) is 7.55. The molecule has 10 heteroatoms. The molecule has 1 aliphatic carbocycles. The van der Waals surface area contributed by atoms with Crippen LogP contribution in [0.5, 0.6) is 0 Å². The number of nitrogens with one attached hydrogen (secondary N) is 4. The molecule has 1 aliphatic heterocycles. The molecule has 2 aliphatic rings. The van der Waals surface area contributed by atoms with Gasteiger partial charge in [0.1, 0.15) is 16.6 Å². The number of carbonyl (C=O) groups is 1. The lowest BCUT2D eigenvalue weighted by molar-refractivity contribution is -0.121. The van der Waals surface area contributed by atoms with E-state index in [1.165, 1.54) is 0 Å². The van der Waals surface area contributed by atoms with Crippen LogP contribution in [-0.2, 0) is 9.53 Å². The van der Waals surface area contributed by atoms with Crippen LogP contribution < -0.4 is 16.0 Å². The summed E-state index contributed by atoms with van der Waals surface area (Å²) in [5, 5.41) is 11.5. The number of morpholine rings is 1. The number of fused-ring (bicyclic) bond motifs is 1. The largest absolute Gasteiger partial charge is 0.379 e. The van der Waals surface area contributed by atoms with Crippen LogP contribution in [0.4, 0.5) is 5.82 Å². The number of aromatic nitrogens is 3. The number of nitrogens with zero attached hydrogens (tertiary/aromatic N) is 3. The number of hydrogen-bond donors (Lipinski definition) is 4. The molecule has 1 saturated heterocycles. The minimum Gasteiger partial charge on any atom is -0.379 e. The first kappa shape index (κ1) is 25.0. The van der Waals surface area contributed by atoms with Gasteiger partial charge in [-0.1, -0.05) is 11.6 Å². The monoisotopic (exact) mass is 511 g/mol. The number of ether oxygens (including phenoxy) is 1. The van der Waals surface area contributed by atoms with Crippen LogP contribution in [0.15, 0.2) is 36.7 Å². The number of halogens is 1. The lowest BCUT2D eigenvalue weighted by atomic mass is 9.91. The minimum atomic E-state index is 0.0720. The summed E-state index contributed by atoms with van der Waals surface area (Å²) in [4.78, 5) is 26.8. The van der Waals surface area contributed by atoms with Gasteiger partial charge in [-0.2, -0.15) is 0 Å². The highest BCUT2D eigenvalue weighted by Crippen LogP contribution is 2.31. The van der Waals surface area contributed by atoms with Gasteiger partial charge < -0.3 is 25.7 Å². The third-order valence-electron chi connectivity index (χ3n) is 6.99. The lowest BCUT2D eigenvalue weighted by Gasteiger charge is -2.30. The fourth-order valence-corrected chi connectivity index (χ4v) is 5.26. The fraction of sp³-hybridized carbons (Fsp3) is 0.500. The Morgan fingerprint density at radius 1 is 1.17 bits per heavy atom. The second-order valence-corrected chi connectivity index (χ2v) is 9.94. The quantitative estimate of drug-likeness (QED) is 0.258. The summed E-state index contributed by atoms with van der Waals surface area (Å²) >= 11 is 6.37. The Labute approximate surface area is 216 Å². The minimum absolute atomic E-state index is 0.0720. The summed E-state index contributed by atoms with van der Waals surface area (Å²) in [5.41, 5.74) is 2.90. The van der Waals surface area contributed by atoms with Crippen molar-refractivity contribution in [2.45, 2.75) is 37.8 Å². The van der Waals surface area contributed by atoms with Crippen molar-refractivity contribution in [1.29, 1.82) is 0 Å². The van der Waals surface area contributed by atoms with Gasteiger partial charge >= 0.3 is 0 Å². The third-order valence-corrected chi connectivity index (χ3v) is 7.19. The van der Waals surface area contributed by atoms with Crippen LogP contribution in [0.3, 0.4) is 0 Å². The molecule has 4 N–H and O–H groups in total. The smallest absolute Gasteiger partial charge is 0.234 e. The predicted octanol–water partition coefficient (Wildman–Crippen LogP) is 3.04. The van der Waals surface area contributed by atoms with Gasteiger partial charge in [0, 0.05) is 61.6 Å². The van der Waals surface area contributed by atoms with Crippen molar-refractivity contribution >= 4 is 34.4 Å². The molecule has 3 aromatic rings. The summed E-state index contributed by atoms with van der Waals surface area (Å²) in [6, 6.07) is 8.42. The SMILES string of the molecule is O=C(CNCCN1CCOCC1)N[C@H]1CC[C@H](Nc2cc(-c3c[nH]c4ncccc34)cc(Cl)n2)CC1. The third kappa shape index (κ3) is 6.53. The maximum absolute atomic E-state index is 12.4. The molecule has 0 atom stereocenters. The highest BCUT2D eigenvalue weighted by molar-refractivity contribution is 6.29. The maximum Gasteiger partial charge on any atom is 0.234 e. The molecule has 3 aromatic heterocycles. The van der Waals surface area contributed by atoms with E-state index in [4.69, 9.17) is 16.3 Å². The van der Waals surface area contributed by atoms with Crippen LogP contribution in [0, 0.1) is 0 Å². The number of rotatable bonds is 9. The van der Waals surface area contributed by atoms with Crippen LogP contribution in [0.2, 0.25) is 5.15 Å². The second kappa shape index (κ2) is 12.0. The van der Waals surface area contributed by atoms with E-state index in [0.717, 1.165) is 93.1 Å². The number of carbonyl (C=O) groups excluding carboxylic acids is 1. The Morgan fingerprint density at radius 3 is 2.81 bits per heavy atom. The Kier molecular flexibility index (Phi) is 8.32. The van der Waals surface area contributed by atoms with Gasteiger partial charge in [-0.05, 0) is 55.5 Å². The molecule has 0 unspecified atom stereocenters. The zero-order chi connectivity index (χ0) is 24.7. The number of pyridine rings is 2. The molecule has 0 aromatic carbocycles. The van der Waals surface area contributed by atoms with E-state index in [0.29, 0.717) is 17.7 Å². The number of H-pyrrole nitrogens is 1. The Morgan fingerprint density at radius 2 is 1.97 bits per heavy atom. The molecule has 5 rings (SSSR count). The van der Waals surface area contributed by atoms with Crippen LogP contribution in [0.1, 0.15) is 25.7 Å². The van der Waals surface area contributed by atoms with Crippen molar-refractivity contribution in [1.82, 2.24) is 30.5 Å². The summed E-state index contributed by atoms with van der Waals surface area (Å²) < 4.78 is 5.37. The van der Waals surface area contributed by atoms with Gasteiger partial charge in [0.2, 0.25) is 5.91 Å². The summed E-state index contributed by atoms with van der Waals surface area (Å²) in [5.74, 6) is 0.843. The number of aromatic amines is 1. The predicted molar refractivity (Wildman–Crippen MR) is 142 cm³/mol. The molecular weight excluding hydrogens is 478 g/mol. The Hall–Kier alpha value is -2.72. The molecule has 192 valence electrons. The van der Waals surface area contributed by atoms with Gasteiger partial charge in [-0.25, -0.2) is 9.97 Å². The molecule has 4 heterocycles. The van der Waals surface area contributed by atoms with Gasteiger partial charge in [0.25, 0.3) is 0 Å². The second-order valence-electron chi connectivity index (χ2n) is 9.56. The molecule has 0 spiro atoms. The highest BCUT2D eigenvalue weighted by Gasteiger charge is 2.23.